The second kappa shape index (κ2) is 6.74. The van der Waals surface area contributed by atoms with Crippen LogP contribution in [0.5, 0.6) is 0 Å². The fourth-order valence-electron chi connectivity index (χ4n) is 5.11. The molecule has 2 aliphatic rings. The van der Waals surface area contributed by atoms with Crippen molar-refractivity contribution in [3.05, 3.63) is 78.0 Å². The van der Waals surface area contributed by atoms with E-state index in [1.54, 1.807) is 0 Å². The van der Waals surface area contributed by atoms with Gasteiger partial charge in [-0.15, -0.1) is 0 Å². The molecule has 0 radical (unpaired) electrons. The second-order valence-corrected chi connectivity index (χ2v) is 8.23. The van der Waals surface area contributed by atoms with E-state index >= 15 is 0 Å². The van der Waals surface area contributed by atoms with E-state index < -0.39 is 5.60 Å². The number of hydrogen-bond donors (Lipinski definition) is 1. The van der Waals surface area contributed by atoms with Gasteiger partial charge < -0.3 is 5.11 Å². The van der Waals surface area contributed by atoms with Gasteiger partial charge >= 0.3 is 0 Å². The van der Waals surface area contributed by atoms with Crippen LogP contribution in [0.4, 0.5) is 0 Å². The number of para-hydroxylation sites is 1. The molecule has 5 rings (SSSR count). The third-order valence-electron chi connectivity index (χ3n) is 6.44. The molecule has 2 bridgehead atoms. The molecule has 3 aromatic rings. The summed E-state index contributed by atoms with van der Waals surface area (Å²) >= 11 is 0. The molecule has 2 saturated heterocycles. The zero-order valence-corrected chi connectivity index (χ0v) is 15.6. The van der Waals surface area contributed by atoms with Gasteiger partial charge in [-0.2, -0.15) is 0 Å². The molecule has 138 valence electrons. The average Bonchev–Trinajstić information content (AvgIpc) is 2.69. The van der Waals surface area contributed by atoms with Crippen LogP contribution in [0.15, 0.2) is 66.7 Å². The molecule has 3 heteroatoms. The molecular weight excluding hydrogens is 332 g/mol. The highest BCUT2D eigenvalue weighted by Gasteiger charge is 2.46. The summed E-state index contributed by atoms with van der Waals surface area (Å²) in [5.41, 5.74) is 2.37. The minimum absolute atomic E-state index is 0.427. The van der Waals surface area contributed by atoms with Crippen LogP contribution in [-0.4, -0.2) is 27.1 Å². The molecule has 2 fully saturated rings. The van der Waals surface area contributed by atoms with E-state index in [4.69, 9.17) is 4.98 Å². The maximum absolute atomic E-state index is 11.6. The topological polar surface area (TPSA) is 36.4 Å². The normalized spacial score (nSPS) is 28.3. The standard InChI is InChI=1S/C24H26N2O/c27-24(23-14-13-19-9-4-5-12-22(19)25-23)15-20-10-6-11-21(16-24)26(20)17-18-7-2-1-3-8-18/h1-5,7-9,12-14,20-21,27H,6,10-11,15-17H2. The Morgan fingerprint density at radius 2 is 1.59 bits per heavy atom. The summed E-state index contributed by atoms with van der Waals surface area (Å²) in [6.07, 6.45) is 5.16. The van der Waals surface area contributed by atoms with Crippen molar-refractivity contribution in [1.82, 2.24) is 9.88 Å². The molecule has 0 saturated carbocycles. The van der Waals surface area contributed by atoms with Crippen molar-refractivity contribution < 1.29 is 5.11 Å². The van der Waals surface area contributed by atoms with Gasteiger partial charge in [0.2, 0.25) is 0 Å². The van der Waals surface area contributed by atoms with Crippen LogP contribution in [0.3, 0.4) is 0 Å². The molecule has 0 spiro atoms. The average molecular weight is 358 g/mol. The van der Waals surface area contributed by atoms with E-state index in [-0.39, 0.29) is 0 Å². The third kappa shape index (κ3) is 3.15. The van der Waals surface area contributed by atoms with E-state index in [1.807, 2.05) is 24.3 Å². The molecular formula is C24H26N2O. The number of fused-ring (bicyclic) bond motifs is 3. The number of aromatic nitrogens is 1. The van der Waals surface area contributed by atoms with E-state index in [2.05, 4.69) is 47.4 Å². The van der Waals surface area contributed by atoms with Crippen molar-refractivity contribution in [2.24, 2.45) is 0 Å². The van der Waals surface area contributed by atoms with Crippen molar-refractivity contribution in [3.8, 4) is 0 Å². The van der Waals surface area contributed by atoms with Crippen molar-refractivity contribution in [1.29, 1.82) is 0 Å². The number of hydrogen-bond acceptors (Lipinski definition) is 3. The third-order valence-corrected chi connectivity index (χ3v) is 6.44. The Bertz CT molecular complexity index is 925. The van der Waals surface area contributed by atoms with E-state index in [0.29, 0.717) is 12.1 Å². The molecule has 0 amide bonds. The number of piperidine rings is 2. The lowest BCUT2D eigenvalue weighted by molar-refractivity contribution is -0.102. The van der Waals surface area contributed by atoms with Crippen LogP contribution < -0.4 is 0 Å². The maximum atomic E-state index is 11.6. The van der Waals surface area contributed by atoms with E-state index in [0.717, 1.165) is 36.0 Å². The molecule has 1 aromatic heterocycles. The lowest BCUT2D eigenvalue weighted by Crippen LogP contribution is -2.56. The Hall–Kier alpha value is -2.23. The predicted molar refractivity (Wildman–Crippen MR) is 108 cm³/mol. The minimum Gasteiger partial charge on any atom is -0.383 e. The van der Waals surface area contributed by atoms with Crippen molar-refractivity contribution in [2.45, 2.75) is 56.3 Å². The first-order valence-corrected chi connectivity index (χ1v) is 10.1. The SMILES string of the molecule is OC1(c2ccc3ccccc3n2)CC2CCCC(C1)N2Cc1ccccc1. The Morgan fingerprint density at radius 1 is 0.889 bits per heavy atom. The van der Waals surface area contributed by atoms with Crippen LogP contribution in [0.2, 0.25) is 0 Å². The summed E-state index contributed by atoms with van der Waals surface area (Å²) in [5, 5.41) is 12.7. The molecule has 2 unspecified atom stereocenters. The van der Waals surface area contributed by atoms with Crippen LogP contribution in [0.1, 0.15) is 43.4 Å². The number of nitrogens with zero attached hydrogens (tertiary/aromatic N) is 2. The summed E-state index contributed by atoms with van der Waals surface area (Å²) in [6, 6.07) is 23.9. The first-order chi connectivity index (χ1) is 13.2. The fraction of sp³-hybridized carbons (Fsp3) is 0.375. The minimum atomic E-state index is -0.813. The largest absolute Gasteiger partial charge is 0.383 e. The van der Waals surface area contributed by atoms with Crippen LogP contribution in [0.25, 0.3) is 10.9 Å². The first-order valence-electron chi connectivity index (χ1n) is 10.1. The molecule has 0 aliphatic carbocycles. The van der Waals surface area contributed by atoms with Gasteiger partial charge in [0.05, 0.1) is 11.2 Å². The van der Waals surface area contributed by atoms with Crippen LogP contribution >= 0.6 is 0 Å². The fourth-order valence-corrected chi connectivity index (χ4v) is 5.11. The van der Waals surface area contributed by atoms with E-state index in [9.17, 15) is 5.11 Å². The lowest BCUT2D eigenvalue weighted by atomic mass is 9.73. The summed E-state index contributed by atoms with van der Waals surface area (Å²) in [6.45, 7) is 0.984. The van der Waals surface area contributed by atoms with Crippen LogP contribution in [0, 0.1) is 0 Å². The van der Waals surface area contributed by atoms with Gasteiger partial charge in [-0.25, -0.2) is 4.98 Å². The Morgan fingerprint density at radius 3 is 2.37 bits per heavy atom. The van der Waals surface area contributed by atoms with Gasteiger partial charge in [0.1, 0.15) is 5.60 Å². The zero-order valence-electron chi connectivity index (χ0n) is 15.6. The Kier molecular flexibility index (Phi) is 4.22. The summed E-state index contributed by atoms with van der Waals surface area (Å²) in [4.78, 5) is 7.47. The maximum Gasteiger partial charge on any atom is 0.109 e. The molecule has 27 heavy (non-hydrogen) atoms. The predicted octanol–water partition coefficient (Wildman–Crippen LogP) is 4.64. The Balaban J connectivity index is 1.44. The van der Waals surface area contributed by atoms with Gasteiger partial charge in [-0.05, 0) is 43.4 Å². The second-order valence-electron chi connectivity index (χ2n) is 8.23. The molecule has 2 atom stereocenters. The van der Waals surface area contributed by atoms with Gasteiger partial charge in [0, 0.05) is 24.0 Å². The van der Waals surface area contributed by atoms with Gasteiger partial charge in [0.25, 0.3) is 0 Å². The quantitative estimate of drug-likeness (QED) is 0.741. The van der Waals surface area contributed by atoms with E-state index in [1.165, 1.54) is 24.8 Å². The summed E-state index contributed by atoms with van der Waals surface area (Å²) < 4.78 is 0. The van der Waals surface area contributed by atoms with Crippen molar-refractivity contribution in [2.75, 3.05) is 0 Å². The molecule has 3 heterocycles. The molecule has 1 N–H and O–H groups in total. The highest BCUT2D eigenvalue weighted by Crippen LogP contribution is 2.44. The van der Waals surface area contributed by atoms with Gasteiger partial charge in [-0.1, -0.05) is 61.0 Å². The zero-order chi connectivity index (χ0) is 18.3. The molecule has 2 aromatic carbocycles. The lowest BCUT2D eigenvalue weighted by Gasteiger charge is -2.52. The summed E-state index contributed by atoms with van der Waals surface area (Å²) in [7, 11) is 0. The molecule has 3 nitrogen and oxygen atoms in total. The number of pyridine rings is 1. The number of benzene rings is 2. The van der Waals surface area contributed by atoms with Gasteiger partial charge in [0.15, 0.2) is 0 Å². The number of rotatable bonds is 3. The van der Waals surface area contributed by atoms with Gasteiger partial charge in [-0.3, -0.25) is 4.90 Å². The monoisotopic (exact) mass is 358 g/mol. The Labute approximate surface area is 160 Å². The smallest absolute Gasteiger partial charge is 0.109 e. The van der Waals surface area contributed by atoms with Crippen LogP contribution in [-0.2, 0) is 12.1 Å². The van der Waals surface area contributed by atoms with Crippen molar-refractivity contribution >= 4 is 10.9 Å². The summed E-state index contributed by atoms with van der Waals surface area (Å²) in [5.74, 6) is 0. The molecule has 2 aliphatic heterocycles. The highest BCUT2D eigenvalue weighted by molar-refractivity contribution is 5.78. The number of aliphatic hydroxyl groups is 1. The highest BCUT2D eigenvalue weighted by atomic mass is 16.3. The van der Waals surface area contributed by atoms with Crippen molar-refractivity contribution in [3.63, 3.8) is 0 Å². The first kappa shape index (κ1) is 16.9.